The number of Topliss-reactive ketones (excluding diaryl/α,β-unsaturated/α-hetero) is 1. The van der Waals surface area contributed by atoms with Crippen LogP contribution in [-0.4, -0.2) is 35.7 Å². The van der Waals surface area contributed by atoms with Crippen molar-refractivity contribution in [2.45, 2.75) is 24.5 Å². The van der Waals surface area contributed by atoms with Gasteiger partial charge in [0.05, 0.1) is 0 Å². The summed E-state index contributed by atoms with van der Waals surface area (Å²) in [5.74, 6) is -0.428. The minimum atomic E-state index is -0.535. The molecule has 0 saturated heterocycles. The summed E-state index contributed by atoms with van der Waals surface area (Å²) in [6, 6.07) is 0. The van der Waals surface area contributed by atoms with E-state index in [1.165, 1.54) is 7.11 Å². The molecule has 0 aromatic rings. The zero-order valence-electron chi connectivity index (χ0n) is 6.79. The summed E-state index contributed by atoms with van der Waals surface area (Å²) in [6.45, 7) is 1.91. The average Bonchev–Trinajstić information content (AvgIpc) is 2.02. The number of methoxy groups -OCH3 is 1. The van der Waals surface area contributed by atoms with Crippen LogP contribution in [0.4, 0.5) is 0 Å². The second kappa shape index (κ2) is 5.36. The topological polar surface area (TPSA) is 43.4 Å². The molecular weight excluding hydrogens is 207 g/mol. The van der Waals surface area contributed by atoms with Crippen molar-refractivity contribution in [3.63, 3.8) is 0 Å². The monoisotopic (exact) mass is 220 g/mol. The van der Waals surface area contributed by atoms with Crippen LogP contribution in [0.25, 0.3) is 0 Å². The van der Waals surface area contributed by atoms with E-state index in [-0.39, 0.29) is 5.78 Å². The van der Waals surface area contributed by atoms with Crippen LogP contribution in [0.15, 0.2) is 0 Å². The second-order valence-corrected chi connectivity index (χ2v) is 3.62. The van der Waals surface area contributed by atoms with Gasteiger partial charge in [-0.05, 0) is 0 Å². The Morgan fingerprint density at radius 2 is 2.09 bits per heavy atom. The minimum absolute atomic E-state index is 0.0145. The number of hydrogen-bond donors (Lipinski definition) is 0. The van der Waals surface area contributed by atoms with Gasteiger partial charge in [-0.25, -0.2) is 0 Å². The van der Waals surface area contributed by atoms with Gasteiger partial charge in [-0.3, -0.25) is 0 Å². The number of hydrogen-bond acceptors (Lipinski definition) is 3. The second-order valence-electron chi connectivity index (χ2n) is 2.22. The van der Waals surface area contributed by atoms with Crippen LogP contribution in [0.1, 0.15) is 19.8 Å². The van der Waals surface area contributed by atoms with Crippen molar-refractivity contribution in [1.29, 1.82) is 0 Å². The SMILES string of the molecule is CCCC(=O)C([AsH2])C(=O)OC. The number of carbonyl (C=O) groups excluding carboxylic acids is 2. The number of ketones is 1. The standard InChI is InChI=1S/C7H13AsO3/c1-3-4-5(9)6(8)7(10)11-2/h6H,3-4,8H2,1-2H3. The number of carbonyl (C=O) groups is 2. The van der Waals surface area contributed by atoms with Crippen molar-refractivity contribution in [2.75, 3.05) is 7.11 Å². The first-order chi connectivity index (χ1) is 5.13. The Bertz CT molecular complexity index is 156. The van der Waals surface area contributed by atoms with E-state index < -0.39 is 10.7 Å². The maximum absolute atomic E-state index is 11.1. The van der Waals surface area contributed by atoms with E-state index in [9.17, 15) is 9.59 Å². The van der Waals surface area contributed by atoms with Crippen molar-refractivity contribution in [3.8, 4) is 0 Å². The summed E-state index contributed by atoms with van der Waals surface area (Å²) in [7, 11) is 1.30. The number of esters is 1. The molecule has 3 nitrogen and oxygen atoms in total. The molecule has 2 unspecified atom stereocenters. The fraction of sp³-hybridized carbons (Fsp3) is 0.714. The Labute approximate surface area is 75.0 Å². The van der Waals surface area contributed by atoms with Gasteiger partial charge in [-0.15, -0.1) is 0 Å². The van der Waals surface area contributed by atoms with Gasteiger partial charge < -0.3 is 0 Å². The molecule has 64 valence electrons. The van der Waals surface area contributed by atoms with E-state index in [0.29, 0.717) is 6.42 Å². The first-order valence-electron chi connectivity index (χ1n) is 3.49. The van der Waals surface area contributed by atoms with Crippen LogP contribution in [0.2, 0.25) is 4.71 Å². The van der Waals surface area contributed by atoms with Gasteiger partial charge in [-0.2, -0.15) is 0 Å². The predicted molar refractivity (Wildman–Crippen MR) is 44.2 cm³/mol. The summed E-state index contributed by atoms with van der Waals surface area (Å²) in [6.07, 6.45) is 1.26. The molecule has 0 aliphatic carbocycles. The molecule has 0 saturated carbocycles. The summed E-state index contributed by atoms with van der Waals surface area (Å²) in [5, 5.41) is 0. The molecule has 0 spiro atoms. The van der Waals surface area contributed by atoms with Crippen LogP contribution < -0.4 is 0 Å². The molecule has 0 heterocycles. The summed E-state index contributed by atoms with van der Waals surface area (Å²) in [4.78, 5) is 21.9. The van der Waals surface area contributed by atoms with Gasteiger partial charge >= 0.3 is 74.5 Å². The van der Waals surface area contributed by atoms with Crippen molar-refractivity contribution in [2.24, 2.45) is 0 Å². The van der Waals surface area contributed by atoms with Crippen molar-refractivity contribution < 1.29 is 14.3 Å². The van der Waals surface area contributed by atoms with Crippen LogP contribution in [0.5, 0.6) is 0 Å². The molecular formula is C7H13AsO3. The zero-order valence-corrected chi connectivity index (χ0v) is 9.22. The third kappa shape index (κ3) is 3.56. The first-order valence-corrected chi connectivity index (χ1v) is 4.89. The van der Waals surface area contributed by atoms with E-state index in [0.717, 1.165) is 23.3 Å². The quantitative estimate of drug-likeness (QED) is 0.379. The van der Waals surface area contributed by atoms with Crippen LogP contribution >= 0.6 is 0 Å². The summed E-state index contributed by atoms with van der Waals surface area (Å²) in [5.41, 5.74) is 0. The van der Waals surface area contributed by atoms with E-state index in [1.54, 1.807) is 0 Å². The Morgan fingerprint density at radius 1 is 1.55 bits per heavy atom. The Kier molecular flexibility index (Phi) is 5.22. The maximum atomic E-state index is 11.1. The number of ether oxygens (including phenoxy) is 1. The van der Waals surface area contributed by atoms with Crippen LogP contribution in [0, 0.1) is 0 Å². The van der Waals surface area contributed by atoms with Gasteiger partial charge in [-0.1, -0.05) is 0 Å². The molecule has 0 radical (unpaired) electrons. The number of rotatable bonds is 4. The fourth-order valence-corrected chi connectivity index (χ4v) is 1.30. The molecule has 0 aliphatic heterocycles. The van der Waals surface area contributed by atoms with Crippen molar-refractivity contribution >= 4 is 28.6 Å². The third-order valence-corrected chi connectivity index (χ3v) is 2.65. The van der Waals surface area contributed by atoms with Gasteiger partial charge in [0, 0.05) is 0 Å². The van der Waals surface area contributed by atoms with Crippen molar-refractivity contribution in [1.82, 2.24) is 0 Å². The van der Waals surface area contributed by atoms with E-state index in [2.05, 4.69) is 4.74 Å². The summed E-state index contributed by atoms with van der Waals surface area (Å²) < 4.78 is 3.90. The molecule has 0 amide bonds. The molecule has 0 N–H and O–H groups in total. The van der Waals surface area contributed by atoms with Crippen LogP contribution in [-0.2, 0) is 14.3 Å². The van der Waals surface area contributed by atoms with Crippen molar-refractivity contribution in [3.05, 3.63) is 0 Å². The van der Waals surface area contributed by atoms with Gasteiger partial charge in [0.15, 0.2) is 0 Å². The van der Waals surface area contributed by atoms with Gasteiger partial charge in [0.2, 0.25) is 0 Å². The van der Waals surface area contributed by atoms with Crippen LogP contribution in [0.3, 0.4) is 0 Å². The van der Waals surface area contributed by atoms with Gasteiger partial charge in [0.25, 0.3) is 0 Å². The Hall–Kier alpha value is -0.302. The molecule has 4 heteroatoms. The molecule has 0 bridgehead atoms. The third-order valence-electron chi connectivity index (χ3n) is 1.30. The normalized spacial score (nSPS) is 12.3. The molecule has 0 rings (SSSR count). The molecule has 0 aromatic carbocycles. The Balaban J connectivity index is 3.91. The van der Waals surface area contributed by atoms with E-state index in [1.807, 2.05) is 6.92 Å². The van der Waals surface area contributed by atoms with E-state index in [4.69, 9.17) is 0 Å². The Morgan fingerprint density at radius 3 is 2.45 bits per heavy atom. The van der Waals surface area contributed by atoms with E-state index >= 15 is 0 Å². The predicted octanol–water partition coefficient (Wildman–Crippen LogP) is -0.0498. The molecule has 2 atom stereocenters. The molecule has 0 fully saturated rings. The fourth-order valence-electron chi connectivity index (χ4n) is 0.660. The zero-order chi connectivity index (χ0) is 8.85. The molecule has 11 heavy (non-hydrogen) atoms. The average molecular weight is 220 g/mol. The van der Waals surface area contributed by atoms with Gasteiger partial charge in [0.1, 0.15) is 0 Å². The first kappa shape index (κ1) is 10.7. The molecule has 0 aliphatic rings. The molecule has 0 aromatic heterocycles. The summed E-state index contributed by atoms with van der Waals surface area (Å²) >= 11 is 1.12.